The zero-order chi connectivity index (χ0) is 12.8. The largest absolute Gasteiger partial charge is 0.504 e. The Morgan fingerprint density at radius 2 is 1.94 bits per heavy atom. The summed E-state index contributed by atoms with van der Waals surface area (Å²) in [7, 11) is 0. The van der Waals surface area contributed by atoms with Crippen LogP contribution < -0.4 is 5.32 Å². The number of hydrogen-bond acceptors (Lipinski definition) is 4. The summed E-state index contributed by atoms with van der Waals surface area (Å²) in [5.74, 6) is -2.34. The molecule has 0 aliphatic rings. The van der Waals surface area contributed by atoms with Crippen molar-refractivity contribution in [1.29, 1.82) is 0 Å². The maximum atomic E-state index is 11.5. The molecular weight excluding hydrogens is 226 g/mol. The van der Waals surface area contributed by atoms with Gasteiger partial charge in [-0.3, -0.25) is 9.59 Å². The maximum Gasteiger partial charge on any atom is 0.303 e. The molecule has 1 aromatic rings. The smallest absolute Gasteiger partial charge is 0.303 e. The molecule has 6 heteroatoms. The predicted molar refractivity (Wildman–Crippen MR) is 59.0 cm³/mol. The Labute approximate surface area is 97.5 Å². The van der Waals surface area contributed by atoms with Crippen LogP contribution in [0.5, 0.6) is 11.5 Å². The number of para-hydroxylation sites is 1. The topological polar surface area (TPSA) is 107 Å². The zero-order valence-electron chi connectivity index (χ0n) is 9.01. The number of carbonyl (C=O) groups excluding carboxylic acids is 1. The van der Waals surface area contributed by atoms with Gasteiger partial charge in [0.2, 0.25) is 0 Å². The highest BCUT2D eigenvalue weighted by molar-refractivity contribution is 5.97. The molecule has 0 aliphatic carbocycles. The highest BCUT2D eigenvalue weighted by Gasteiger charge is 2.13. The summed E-state index contributed by atoms with van der Waals surface area (Å²) in [5, 5.41) is 29.4. The van der Waals surface area contributed by atoms with E-state index in [1.165, 1.54) is 18.2 Å². The van der Waals surface area contributed by atoms with Gasteiger partial charge in [-0.2, -0.15) is 0 Å². The summed E-state index contributed by atoms with van der Waals surface area (Å²) in [6.07, 6.45) is 0.271. The fraction of sp³-hybridized carbons (Fsp3) is 0.273. The number of phenols is 2. The first-order chi connectivity index (χ1) is 8.02. The molecule has 1 amide bonds. The Hall–Kier alpha value is -2.24. The van der Waals surface area contributed by atoms with Crippen LogP contribution in [0.1, 0.15) is 23.2 Å². The van der Waals surface area contributed by atoms with Gasteiger partial charge in [0.15, 0.2) is 11.5 Å². The molecule has 0 atom stereocenters. The SMILES string of the molecule is O=C(O)CCCNC(=O)c1cccc(O)c1O. The number of aliphatic carboxylic acids is 1. The van der Waals surface area contributed by atoms with E-state index in [0.717, 1.165) is 0 Å². The summed E-state index contributed by atoms with van der Waals surface area (Å²) >= 11 is 0. The van der Waals surface area contributed by atoms with Crippen LogP contribution in [-0.4, -0.2) is 33.7 Å². The third kappa shape index (κ3) is 3.67. The fourth-order valence-electron chi connectivity index (χ4n) is 1.25. The lowest BCUT2D eigenvalue weighted by Crippen LogP contribution is -2.24. The highest BCUT2D eigenvalue weighted by Crippen LogP contribution is 2.27. The number of amides is 1. The van der Waals surface area contributed by atoms with Crippen molar-refractivity contribution >= 4 is 11.9 Å². The van der Waals surface area contributed by atoms with Crippen molar-refractivity contribution < 1.29 is 24.9 Å². The quantitative estimate of drug-likeness (QED) is 0.447. The summed E-state index contributed by atoms with van der Waals surface area (Å²) < 4.78 is 0. The van der Waals surface area contributed by atoms with Gasteiger partial charge in [0.1, 0.15) is 0 Å². The Kier molecular flexibility index (Phi) is 4.33. The molecule has 0 heterocycles. The summed E-state index contributed by atoms with van der Waals surface area (Å²) in [4.78, 5) is 21.8. The average Bonchev–Trinajstić information content (AvgIpc) is 2.27. The number of aromatic hydroxyl groups is 2. The molecule has 6 nitrogen and oxygen atoms in total. The maximum absolute atomic E-state index is 11.5. The Bertz CT molecular complexity index is 430. The van der Waals surface area contributed by atoms with Crippen LogP contribution in [0.3, 0.4) is 0 Å². The van der Waals surface area contributed by atoms with Crippen LogP contribution in [0.2, 0.25) is 0 Å². The summed E-state index contributed by atoms with van der Waals surface area (Å²) in [5.41, 5.74) is -0.0414. The molecular formula is C11H13NO5. The standard InChI is InChI=1S/C11H13NO5/c13-8-4-1-3-7(10(8)16)11(17)12-6-2-5-9(14)15/h1,3-4,13,16H,2,5-6H2,(H,12,17)(H,14,15). The van der Waals surface area contributed by atoms with Gasteiger partial charge in [0.05, 0.1) is 5.56 Å². The van der Waals surface area contributed by atoms with E-state index in [4.69, 9.17) is 5.11 Å². The molecule has 92 valence electrons. The fourth-order valence-corrected chi connectivity index (χ4v) is 1.25. The summed E-state index contributed by atoms with van der Waals surface area (Å²) in [6.45, 7) is 0.195. The molecule has 1 aromatic carbocycles. The van der Waals surface area contributed by atoms with Gasteiger partial charge in [-0.15, -0.1) is 0 Å². The minimum atomic E-state index is -0.931. The number of carbonyl (C=O) groups is 2. The van der Waals surface area contributed by atoms with Crippen molar-refractivity contribution in [2.45, 2.75) is 12.8 Å². The van der Waals surface area contributed by atoms with E-state index in [-0.39, 0.29) is 24.3 Å². The van der Waals surface area contributed by atoms with Crippen LogP contribution in [-0.2, 0) is 4.79 Å². The van der Waals surface area contributed by atoms with E-state index in [9.17, 15) is 19.8 Å². The number of nitrogens with one attached hydrogen (secondary N) is 1. The van der Waals surface area contributed by atoms with Gasteiger partial charge < -0.3 is 20.6 Å². The molecule has 0 aromatic heterocycles. The van der Waals surface area contributed by atoms with Crippen molar-refractivity contribution in [3.63, 3.8) is 0 Å². The summed E-state index contributed by atoms with van der Waals surface area (Å²) in [6, 6.07) is 4.05. The number of carboxylic acids is 1. The Morgan fingerprint density at radius 1 is 1.24 bits per heavy atom. The molecule has 0 fully saturated rings. The van der Waals surface area contributed by atoms with Gasteiger partial charge in [0.25, 0.3) is 5.91 Å². The zero-order valence-corrected chi connectivity index (χ0v) is 9.01. The van der Waals surface area contributed by atoms with Crippen LogP contribution in [0.15, 0.2) is 18.2 Å². The Balaban J connectivity index is 2.53. The van der Waals surface area contributed by atoms with E-state index in [2.05, 4.69) is 5.32 Å². The molecule has 0 bridgehead atoms. The molecule has 0 saturated carbocycles. The number of carboxylic acid groups (broad SMARTS) is 1. The number of rotatable bonds is 5. The number of benzene rings is 1. The first-order valence-corrected chi connectivity index (χ1v) is 5.03. The monoisotopic (exact) mass is 239 g/mol. The van der Waals surface area contributed by atoms with Crippen LogP contribution >= 0.6 is 0 Å². The van der Waals surface area contributed by atoms with E-state index in [1.807, 2.05) is 0 Å². The molecule has 0 unspecified atom stereocenters. The molecule has 1 rings (SSSR count). The third-order valence-electron chi connectivity index (χ3n) is 2.11. The second-order valence-electron chi connectivity index (χ2n) is 3.43. The van der Waals surface area contributed by atoms with Crippen molar-refractivity contribution in [2.75, 3.05) is 6.54 Å². The van der Waals surface area contributed by atoms with E-state index in [0.29, 0.717) is 6.42 Å². The molecule has 0 saturated heterocycles. The lowest BCUT2D eigenvalue weighted by atomic mass is 10.1. The molecule has 0 spiro atoms. The van der Waals surface area contributed by atoms with Crippen LogP contribution in [0.25, 0.3) is 0 Å². The first-order valence-electron chi connectivity index (χ1n) is 5.03. The minimum Gasteiger partial charge on any atom is -0.504 e. The van der Waals surface area contributed by atoms with Crippen LogP contribution in [0.4, 0.5) is 0 Å². The highest BCUT2D eigenvalue weighted by atomic mass is 16.4. The van der Waals surface area contributed by atoms with Crippen molar-refractivity contribution in [2.24, 2.45) is 0 Å². The molecule has 4 N–H and O–H groups in total. The van der Waals surface area contributed by atoms with Crippen molar-refractivity contribution in [3.05, 3.63) is 23.8 Å². The van der Waals surface area contributed by atoms with Crippen molar-refractivity contribution in [3.8, 4) is 11.5 Å². The van der Waals surface area contributed by atoms with Gasteiger partial charge in [-0.25, -0.2) is 0 Å². The lowest BCUT2D eigenvalue weighted by Gasteiger charge is -2.06. The first kappa shape index (κ1) is 12.8. The van der Waals surface area contributed by atoms with E-state index < -0.39 is 17.6 Å². The second-order valence-corrected chi connectivity index (χ2v) is 3.43. The average molecular weight is 239 g/mol. The predicted octanol–water partition coefficient (Wildman–Crippen LogP) is 0.692. The normalized spacial score (nSPS) is 9.88. The van der Waals surface area contributed by atoms with Crippen LogP contribution in [0, 0.1) is 0 Å². The number of hydrogen-bond donors (Lipinski definition) is 4. The van der Waals surface area contributed by atoms with E-state index >= 15 is 0 Å². The van der Waals surface area contributed by atoms with E-state index in [1.54, 1.807) is 0 Å². The third-order valence-corrected chi connectivity index (χ3v) is 2.11. The van der Waals surface area contributed by atoms with Crippen molar-refractivity contribution in [1.82, 2.24) is 5.32 Å². The minimum absolute atomic E-state index is 0.0354. The van der Waals surface area contributed by atoms with Gasteiger partial charge in [-0.1, -0.05) is 6.07 Å². The molecule has 0 radical (unpaired) electrons. The lowest BCUT2D eigenvalue weighted by molar-refractivity contribution is -0.137. The molecule has 0 aliphatic heterocycles. The number of phenolic OH excluding ortho intramolecular Hbond substituents is 2. The van der Waals surface area contributed by atoms with Gasteiger partial charge in [0, 0.05) is 13.0 Å². The molecule has 17 heavy (non-hydrogen) atoms. The van der Waals surface area contributed by atoms with Gasteiger partial charge in [-0.05, 0) is 18.6 Å². The Morgan fingerprint density at radius 3 is 2.59 bits per heavy atom. The van der Waals surface area contributed by atoms with Gasteiger partial charge >= 0.3 is 5.97 Å². The second kappa shape index (κ2) is 5.74.